The van der Waals surface area contributed by atoms with Crippen LogP contribution in [0.4, 0.5) is 10.1 Å². The summed E-state index contributed by atoms with van der Waals surface area (Å²) in [6.07, 6.45) is 0. The van der Waals surface area contributed by atoms with Crippen LogP contribution in [-0.4, -0.2) is 10.9 Å². The Morgan fingerprint density at radius 1 is 0.971 bits per heavy atom. The highest BCUT2D eigenvalue weighted by Gasteiger charge is 2.15. The average Bonchev–Trinajstić information content (AvgIpc) is 3.25. The van der Waals surface area contributed by atoms with Gasteiger partial charge in [-0.2, -0.15) is 0 Å². The second-order valence-electron chi connectivity index (χ2n) is 9.48. The van der Waals surface area contributed by atoms with Gasteiger partial charge in [0.15, 0.2) is 4.34 Å². The molecule has 0 atom stereocenters. The molecule has 0 aliphatic rings. The third-order valence-corrected chi connectivity index (χ3v) is 8.16. The number of carbonyl (C=O) groups excluding carboxylic acids is 1. The quantitative estimate of drug-likeness (QED) is 0.246. The lowest BCUT2D eigenvalue weighted by Crippen LogP contribution is -2.14. The molecule has 0 aliphatic carbocycles. The SMILES string of the molecule is CC(C)(C)c1ccc(C(=O)Nc2ccc3nc(SCc4ccc(F)c5ccccc45)sc3c2)cc1. The van der Waals surface area contributed by atoms with Crippen LogP contribution in [0.25, 0.3) is 21.0 Å². The number of halogens is 1. The number of hydrogen-bond acceptors (Lipinski definition) is 4. The van der Waals surface area contributed by atoms with E-state index >= 15 is 0 Å². The molecule has 0 bridgehead atoms. The van der Waals surface area contributed by atoms with Crippen molar-refractivity contribution >= 4 is 55.7 Å². The Kier molecular flexibility index (Phi) is 6.34. The van der Waals surface area contributed by atoms with Gasteiger partial charge in [0.2, 0.25) is 0 Å². The van der Waals surface area contributed by atoms with Gasteiger partial charge in [0.05, 0.1) is 10.2 Å². The van der Waals surface area contributed by atoms with Crippen LogP contribution < -0.4 is 5.32 Å². The van der Waals surface area contributed by atoms with Gasteiger partial charge in [-0.05, 0) is 58.3 Å². The van der Waals surface area contributed by atoms with E-state index in [4.69, 9.17) is 4.98 Å². The highest BCUT2D eigenvalue weighted by atomic mass is 32.2. The Labute approximate surface area is 212 Å². The van der Waals surface area contributed by atoms with Crippen molar-refractivity contribution in [2.24, 2.45) is 0 Å². The molecular weight excluding hydrogens is 475 g/mol. The minimum absolute atomic E-state index is 0.0474. The minimum atomic E-state index is -0.200. The summed E-state index contributed by atoms with van der Waals surface area (Å²) < 4.78 is 16.1. The molecule has 6 heteroatoms. The number of rotatable bonds is 5. The first-order chi connectivity index (χ1) is 16.8. The lowest BCUT2D eigenvalue weighted by Gasteiger charge is -2.19. The molecule has 1 N–H and O–H groups in total. The molecule has 5 rings (SSSR count). The standard InChI is InChI=1S/C29H25FN2OS2/c1-29(2,3)20-11-8-18(9-12-20)27(33)31-21-13-15-25-26(16-21)35-28(32-25)34-17-19-10-14-24(30)23-7-5-4-6-22(19)23/h4-16H,17H2,1-3H3,(H,31,33). The first-order valence-corrected chi connectivity index (χ1v) is 13.2. The molecule has 1 heterocycles. The monoisotopic (exact) mass is 500 g/mol. The second kappa shape index (κ2) is 9.44. The van der Waals surface area contributed by atoms with Gasteiger partial charge in [0, 0.05) is 22.4 Å². The molecule has 1 aromatic heterocycles. The van der Waals surface area contributed by atoms with E-state index in [-0.39, 0.29) is 17.1 Å². The number of carbonyl (C=O) groups is 1. The van der Waals surface area contributed by atoms with E-state index in [1.165, 1.54) is 11.6 Å². The predicted molar refractivity (Wildman–Crippen MR) is 146 cm³/mol. The van der Waals surface area contributed by atoms with Crippen LogP contribution in [0.2, 0.25) is 0 Å². The number of benzene rings is 4. The summed E-state index contributed by atoms with van der Waals surface area (Å²) >= 11 is 3.23. The van der Waals surface area contributed by atoms with Gasteiger partial charge in [-0.15, -0.1) is 11.3 Å². The van der Waals surface area contributed by atoms with Crippen molar-refractivity contribution in [1.82, 2.24) is 4.98 Å². The van der Waals surface area contributed by atoms with Crippen LogP contribution in [0.5, 0.6) is 0 Å². The first-order valence-electron chi connectivity index (χ1n) is 11.4. The summed E-state index contributed by atoms with van der Waals surface area (Å²) in [5.74, 6) is 0.371. The van der Waals surface area contributed by atoms with E-state index < -0.39 is 0 Å². The predicted octanol–water partition coefficient (Wildman–Crippen LogP) is 8.43. The van der Waals surface area contributed by atoms with Crippen LogP contribution in [0.1, 0.15) is 42.3 Å². The number of nitrogens with one attached hydrogen (secondary N) is 1. The van der Waals surface area contributed by atoms with Crippen molar-refractivity contribution in [3.8, 4) is 0 Å². The Bertz CT molecular complexity index is 1530. The van der Waals surface area contributed by atoms with Crippen molar-refractivity contribution in [3.63, 3.8) is 0 Å². The molecule has 0 spiro atoms. The van der Waals surface area contributed by atoms with Gasteiger partial charge < -0.3 is 5.32 Å². The maximum absolute atomic E-state index is 14.1. The van der Waals surface area contributed by atoms with Crippen molar-refractivity contribution in [2.45, 2.75) is 36.3 Å². The zero-order valence-electron chi connectivity index (χ0n) is 19.8. The average molecular weight is 501 g/mol. The van der Waals surface area contributed by atoms with E-state index in [1.807, 2.05) is 72.8 Å². The normalized spacial score (nSPS) is 11.8. The van der Waals surface area contributed by atoms with E-state index in [1.54, 1.807) is 23.1 Å². The fraction of sp³-hybridized carbons (Fsp3) is 0.172. The lowest BCUT2D eigenvalue weighted by atomic mass is 9.87. The molecule has 0 saturated heterocycles. The molecule has 1 amide bonds. The number of aromatic nitrogens is 1. The van der Waals surface area contributed by atoms with E-state index in [9.17, 15) is 9.18 Å². The smallest absolute Gasteiger partial charge is 0.255 e. The largest absolute Gasteiger partial charge is 0.322 e. The number of thiazole rings is 1. The van der Waals surface area contributed by atoms with Crippen LogP contribution in [0, 0.1) is 5.82 Å². The van der Waals surface area contributed by atoms with Crippen LogP contribution in [0.15, 0.2) is 83.2 Å². The molecule has 176 valence electrons. The number of fused-ring (bicyclic) bond motifs is 2. The molecule has 0 unspecified atom stereocenters. The second-order valence-corrected chi connectivity index (χ2v) is 11.7. The molecule has 5 aromatic rings. The van der Waals surface area contributed by atoms with Crippen LogP contribution >= 0.6 is 23.1 Å². The maximum atomic E-state index is 14.1. The summed E-state index contributed by atoms with van der Waals surface area (Å²) in [7, 11) is 0. The fourth-order valence-electron chi connectivity index (χ4n) is 3.96. The van der Waals surface area contributed by atoms with Crippen molar-refractivity contribution in [3.05, 3.63) is 101 Å². The van der Waals surface area contributed by atoms with Crippen molar-refractivity contribution in [2.75, 3.05) is 5.32 Å². The molecule has 0 fully saturated rings. The Balaban J connectivity index is 1.30. The third-order valence-electron chi connectivity index (χ3n) is 5.95. The molecule has 3 nitrogen and oxygen atoms in total. The van der Waals surface area contributed by atoms with Crippen molar-refractivity contribution < 1.29 is 9.18 Å². The van der Waals surface area contributed by atoms with Gasteiger partial charge in [-0.1, -0.05) is 75.0 Å². The maximum Gasteiger partial charge on any atom is 0.255 e. The molecule has 35 heavy (non-hydrogen) atoms. The Morgan fingerprint density at radius 3 is 2.46 bits per heavy atom. The van der Waals surface area contributed by atoms with Crippen molar-refractivity contribution in [1.29, 1.82) is 0 Å². The Morgan fingerprint density at radius 2 is 1.71 bits per heavy atom. The zero-order chi connectivity index (χ0) is 24.6. The van der Waals surface area contributed by atoms with Gasteiger partial charge in [-0.25, -0.2) is 9.37 Å². The van der Waals surface area contributed by atoms with Gasteiger partial charge in [-0.3, -0.25) is 4.79 Å². The Hall–Kier alpha value is -3.22. The fourth-order valence-corrected chi connectivity index (χ4v) is 6.07. The number of hydrogen-bond donors (Lipinski definition) is 1. The van der Waals surface area contributed by atoms with Gasteiger partial charge in [0.1, 0.15) is 5.82 Å². The number of nitrogens with zero attached hydrogens (tertiary/aromatic N) is 1. The van der Waals surface area contributed by atoms with E-state index in [2.05, 4.69) is 26.1 Å². The summed E-state index contributed by atoms with van der Waals surface area (Å²) in [4.78, 5) is 17.5. The summed E-state index contributed by atoms with van der Waals surface area (Å²) in [6.45, 7) is 6.46. The highest BCUT2D eigenvalue weighted by molar-refractivity contribution is 8.00. The number of thioether (sulfide) groups is 1. The summed E-state index contributed by atoms with van der Waals surface area (Å²) in [6, 6.07) is 24.5. The van der Waals surface area contributed by atoms with Crippen LogP contribution in [0.3, 0.4) is 0 Å². The molecule has 0 radical (unpaired) electrons. The van der Waals surface area contributed by atoms with E-state index in [0.29, 0.717) is 16.7 Å². The minimum Gasteiger partial charge on any atom is -0.322 e. The molecule has 4 aromatic carbocycles. The molecule has 0 saturated carbocycles. The molecular formula is C29H25FN2OS2. The number of amides is 1. The summed E-state index contributed by atoms with van der Waals surface area (Å²) in [5, 5.41) is 4.57. The van der Waals surface area contributed by atoms with Gasteiger partial charge in [0.25, 0.3) is 5.91 Å². The summed E-state index contributed by atoms with van der Waals surface area (Å²) in [5.41, 5.74) is 4.59. The topological polar surface area (TPSA) is 42.0 Å². The number of anilines is 1. The van der Waals surface area contributed by atoms with Crippen LogP contribution in [-0.2, 0) is 11.2 Å². The lowest BCUT2D eigenvalue weighted by molar-refractivity contribution is 0.102. The highest BCUT2D eigenvalue weighted by Crippen LogP contribution is 2.34. The van der Waals surface area contributed by atoms with Gasteiger partial charge >= 0.3 is 0 Å². The first kappa shape index (κ1) is 23.5. The molecule has 0 aliphatic heterocycles. The third kappa shape index (κ3) is 5.09. The zero-order valence-corrected chi connectivity index (χ0v) is 21.4. The van der Waals surface area contributed by atoms with E-state index in [0.717, 1.165) is 31.2 Å².